The molecule has 0 bridgehead atoms. The Labute approximate surface area is 139 Å². The number of esters is 1. The highest BCUT2D eigenvalue weighted by Gasteiger charge is 2.22. The Balaban J connectivity index is 2.07. The number of benzene rings is 2. The van der Waals surface area contributed by atoms with Crippen LogP contribution in [0.5, 0.6) is 5.75 Å². The number of hydrogen-bond donors (Lipinski definition) is 0. The number of nitro benzene ring substituents is 1. The van der Waals surface area contributed by atoms with Crippen molar-refractivity contribution in [2.75, 3.05) is 0 Å². The fourth-order valence-corrected chi connectivity index (χ4v) is 2.35. The first kappa shape index (κ1) is 15.1. The van der Waals surface area contributed by atoms with Crippen LogP contribution in [0.4, 0.5) is 5.69 Å². The van der Waals surface area contributed by atoms with Gasteiger partial charge in [-0.25, -0.2) is 4.79 Å². The van der Waals surface area contributed by atoms with Crippen molar-refractivity contribution < 1.29 is 14.5 Å². The molecule has 1 aromatic heterocycles. The Hall–Kier alpha value is -2.80. The lowest BCUT2D eigenvalue weighted by Crippen LogP contribution is -2.10. The Morgan fingerprint density at radius 3 is 2.57 bits per heavy atom. The van der Waals surface area contributed by atoms with E-state index in [4.69, 9.17) is 4.74 Å². The number of fused-ring (bicyclic) bond motifs is 1. The van der Waals surface area contributed by atoms with E-state index in [9.17, 15) is 14.9 Å². The summed E-state index contributed by atoms with van der Waals surface area (Å²) in [7, 11) is 0. The van der Waals surface area contributed by atoms with E-state index < -0.39 is 10.9 Å². The quantitative estimate of drug-likeness (QED) is 0.298. The zero-order chi connectivity index (χ0) is 16.4. The second-order valence-electron chi connectivity index (χ2n) is 4.64. The molecule has 23 heavy (non-hydrogen) atoms. The minimum absolute atomic E-state index is 0.152. The lowest BCUT2D eigenvalue weighted by molar-refractivity contribution is -0.385. The van der Waals surface area contributed by atoms with Crippen LogP contribution in [0.3, 0.4) is 0 Å². The second kappa shape index (κ2) is 6.13. The summed E-state index contributed by atoms with van der Waals surface area (Å²) in [5, 5.41) is 11.9. The Morgan fingerprint density at radius 2 is 1.87 bits per heavy atom. The van der Waals surface area contributed by atoms with Crippen LogP contribution in [0.2, 0.25) is 0 Å². The monoisotopic (exact) mass is 372 g/mol. The maximum Gasteiger partial charge on any atom is 0.343 e. The van der Waals surface area contributed by atoms with Gasteiger partial charge in [-0.1, -0.05) is 22.0 Å². The van der Waals surface area contributed by atoms with Gasteiger partial charge in [0.25, 0.3) is 0 Å². The maximum absolute atomic E-state index is 12.3. The van der Waals surface area contributed by atoms with E-state index in [1.54, 1.807) is 42.5 Å². The van der Waals surface area contributed by atoms with Crippen LogP contribution in [0.15, 0.2) is 59.2 Å². The average Bonchev–Trinajstić information content (AvgIpc) is 2.55. The predicted octanol–water partition coefficient (Wildman–Crippen LogP) is 4.12. The summed E-state index contributed by atoms with van der Waals surface area (Å²) in [4.78, 5) is 27.0. The van der Waals surface area contributed by atoms with Gasteiger partial charge in [0.15, 0.2) is 0 Å². The number of carbonyl (C=O) groups is 1. The SMILES string of the molecule is O=C(Oc1c([N+](=O)[O-])ccc2cccnc12)c1ccc(Br)cc1. The smallest absolute Gasteiger partial charge is 0.343 e. The van der Waals surface area contributed by atoms with Gasteiger partial charge in [-0.3, -0.25) is 15.1 Å². The number of pyridine rings is 1. The number of aromatic nitrogens is 1. The van der Waals surface area contributed by atoms with Crippen molar-refractivity contribution in [3.63, 3.8) is 0 Å². The molecule has 2 aromatic carbocycles. The van der Waals surface area contributed by atoms with Gasteiger partial charge in [-0.05, 0) is 36.4 Å². The fraction of sp³-hybridized carbons (Fsp3) is 0. The first-order valence-electron chi connectivity index (χ1n) is 6.56. The van der Waals surface area contributed by atoms with E-state index in [1.807, 2.05) is 0 Å². The van der Waals surface area contributed by atoms with Gasteiger partial charge >= 0.3 is 11.7 Å². The van der Waals surface area contributed by atoms with Gasteiger partial charge in [-0.15, -0.1) is 0 Å². The summed E-state index contributed by atoms with van der Waals surface area (Å²) in [6.45, 7) is 0. The molecule has 0 aliphatic carbocycles. The van der Waals surface area contributed by atoms with Crippen LogP contribution >= 0.6 is 15.9 Å². The van der Waals surface area contributed by atoms with Gasteiger partial charge in [0.1, 0.15) is 5.52 Å². The number of ether oxygens (including phenoxy) is 1. The minimum Gasteiger partial charge on any atom is -0.413 e. The van der Waals surface area contributed by atoms with E-state index in [2.05, 4.69) is 20.9 Å². The van der Waals surface area contributed by atoms with E-state index in [0.29, 0.717) is 5.39 Å². The van der Waals surface area contributed by atoms with Gasteiger partial charge in [-0.2, -0.15) is 0 Å². The van der Waals surface area contributed by atoms with Gasteiger partial charge < -0.3 is 4.74 Å². The summed E-state index contributed by atoms with van der Waals surface area (Å²) in [5.74, 6) is -0.834. The Morgan fingerprint density at radius 1 is 1.13 bits per heavy atom. The molecule has 1 heterocycles. The van der Waals surface area contributed by atoms with Crippen molar-refractivity contribution in [1.29, 1.82) is 0 Å². The molecule has 0 fully saturated rings. The summed E-state index contributed by atoms with van der Waals surface area (Å²) >= 11 is 3.27. The lowest BCUT2D eigenvalue weighted by atomic mass is 10.2. The molecule has 0 atom stereocenters. The van der Waals surface area contributed by atoms with E-state index in [1.165, 1.54) is 12.3 Å². The number of carbonyl (C=O) groups excluding carboxylic acids is 1. The van der Waals surface area contributed by atoms with Crippen molar-refractivity contribution in [2.24, 2.45) is 0 Å². The van der Waals surface area contributed by atoms with Crippen molar-refractivity contribution >= 4 is 38.5 Å². The van der Waals surface area contributed by atoms with E-state index in [0.717, 1.165) is 4.47 Å². The first-order valence-corrected chi connectivity index (χ1v) is 7.35. The summed E-state index contributed by atoms with van der Waals surface area (Å²) < 4.78 is 6.10. The second-order valence-corrected chi connectivity index (χ2v) is 5.56. The molecular formula is C16H9BrN2O4. The average molecular weight is 373 g/mol. The molecule has 0 amide bonds. The normalized spacial score (nSPS) is 10.5. The van der Waals surface area contributed by atoms with Crippen LogP contribution in [-0.2, 0) is 0 Å². The van der Waals surface area contributed by atoms with Gasteiger partial charge in [0, 0.05) is 22.1 Å². The molecule has 0 N–H and O–H groups in total. The highest BCUT2D eigenvalue weighted by Crippen LogP contribution is 2.34. The summed E-state index contributed by atoms with van der Waals surface area (Å²) in [6.07, 6.45) is 1.49. The fourth-order valence-electron chi connectivity index (χ4n) is 2.09. The highest BCUT2D eigenvalue weighted by atomic mass is 79.9. The Kier molecular flexibility index (Phi) is 4.03. The number of nitro groups is 1. The highest BCUT2D eigenvalue weighted by molar-refractivity contribution is 9.10. The molecule has 0 aliphatic heterocycles. The third-order valence-electron chi connectivity index (χ3n) is 3.18. The van der Waals surface area contributed by atoms with E-state index in [-0.39, 0.29) is 22.5 Å². The molecule has 0 aliphatic rings. The predicted molar refractivity (Wildman–Crippen MR) is 87.5 cm³/mol. The van der Waals surface area contributed by atoms with Crippen molar-refractivity contribution in [3.8, 4) is 5.75 Å². The molecule has 3 aromatic rings. The third kappa shape index (κ3) is 3.04. The van der Waals surface area contributed by atoms with Crippen molar-refractivity contribution in [2.45, 2.75) is 0 Å². The molecule has 3 rings (SSSR count). The van der Waals surface area contributed by atoms with Crippen LogP contribution in [-0.4, -0.2) is 15.9 Å². The molecule has 0 saturated carbocycles. The maximum atomic E-state index is 12.3. The number of nitrogens with zero attached hydrogens (tertiary/aromatic N) is 2. The van der Waals surface area contributed by atoms with Crippen LogP contribution in [0, 0.1) is 10.1 Å². The number of hydrogen-bond acceptors (Lipinski definition) is 5. The molecular weight excluding hydrogens is 364 g/mol. The number of halogens is 1. The molecule has 0 spiro atoms. The zero-order valence-electron chi connectivity index (χ0n) is 11.6. The molecule has 7 heteroatoms. The minimum atomic E-state index is -0.682. The molecule has 0 unspecified atom stereocenters. The molecule has 114 valence electrons. The number of rotatable bonds is 3. The topological polar surface area (TPSA) is 82.3 Å². The van der Waals surface area contributed by atoms with Crippen LogP contribution in [0.1, 0.15) is 10.4 Å². The van der Waals surface area contributed by atoms with Crippen molar-refractivity contribution in [1.82, 2.24) is 4.98 Å². The largest absolute Gasteiger partial charge is 0.413 e. The first-order chi connectivity index (χ1) is 11.1. The third-order valence-corrected chi connectivity index (χ3v) is 3.71. The zero-order valence-corrected chi connectivity index (χ0v) is 13.2. The summed E-state index contributed by atoms with van der Waals surface area (Å²) in [6, 6.07) is 12.8. The molecule has 0 saturated heterocycles. The summed E-state index contributed by atoms with van der Waals surface area (Å²) in [5.41, 5.74) is 0.254. The van der Waals surface area contributed by atoms with Crippen molar-refractivity contribution in [3.05, 3.63) is 74.9 Å². The molecule has 6 nitrogen and oxygen atoms in total. The van der Waals surface area contributed by atoms with Gasteiger partial charge in [0.2, 0.25) is 5.75 Å². The molecule has 0 radical (unpaired) electrons. The van der Waals surface area contributed by atoms with Crippen LogP contribution < -0.4 is 4.74 Å². The standard InChI is InChI=1S/C16H9BrN2O4/c17-12-6-3-11(4-7-12)16(20)23-15-13(19(21)22)8-5-10-2-1-9-18-14(10)15/h1-9H. The van der Waals surface area contributed by atoms with Gasteiger partial charge in [0.05, 0.1) is 10.5 Å². The lowest BCUT2D eigenvalue weighted by Gasteiger charge is -2.08. The van der Waals surface area contributed by atoms with Crippen LogP contribution in [0.25, 0.3) is 10.9 Å². The Bertz CT molecular complexity index is 910. The van der Waals surface area contributed by atoms with E-state index >= 15 is 0 Å².